The number of carbonyl (C=O) groups is 1. The van der Waals surface area contributed by atoms with Crippen LogP contribution < -0.4 is 5.32 Å². The molecule has 1 unspecified atom stereocenters. The Morgan fingerprint density at radius 2 is 2.18 bits per heavy atom. The van der Waals surface area contributed by atoms with Crippen LogP contribution in [0.25, 0.3) is 0 Å². The summed E-state index contributed by atoms with van der Waals surface area (Å²) in [5, 5.41) is 3.23. The van der Waals surface area contributed by atoms with Crippen LogP contribution in [0.5, 0.6) is 0 Å². The third kappa shape index (κ3) is 1.62. The van der Waals surface area contributed by atoms with Gasteiger partial charge in [-0.05, 0) is 13.0 Å². The van der Waals surface area contributed by atoms with Crippen molar-refractivity contribution in [3.8, 4) is 0 Å². The second-order valence-electron chi connectivity index (χ2n) is 4.01. The van der Waals surface area contributed by atoms with Crippen LogP contribution in [-0.2, 0) is 4.79 Å². The summed E-state index contributed by atoms with van der Waals surface area (Å²) < 4.78 is 0. The van der Waals surface area contributed by atoms with Crippen molar-refractivity contribution in [3.63, 3.8) is 0 Å². The van der Waals surface area contributed by atoms with Gasteiger partial charge in [0, 0.05) is 17.9 Å². The van der Waals surface area contributed by atoms with Gasteiger partial charge in [-0.2, -0.15) is 0 Å². The maximum Gasteiger partial charge on any atom is 0.142 e. The number of hydrogen-bond acceptors (Lipinski definition) is 2. The van der Waals surface area contributed by atoms with Crippen molar-refractivity contribution in [2.24, 2.45) is 11.3 Å². The minimum atomic E-state index is -0.0752. The summed E-state index contributed by atoms with van der Waals surface area (Å²) in [4.78, 5) is 11.6. The zero-order valence-corrected chi connectivity index (χ0v) is 7.61. The molecule has 1 N–H and O–H groups in total. The fraction of sp³-hybridized carbons (Fsp3) is 0.889. The second-order valence-corrected chi connectivity index (χ2v) is 4.01. The second kappa shape index (κ2) is 2.94. The van der Waals surface area contributed by atoms with Crippen molar-refractivity contribution < 1.29 is 4.79 Å². The van der Waals surface area contributed by atoms with Gasteiger partial charge in [-0.15, -0.1) is 0 Å². The van der Waals surface area contributed by atoms with Crippen molar-refractivity contribution in [2.75, 3.05) is 13.1 Å². The van der Waals surface area contributed by atoms with Gasteiger partial charge in [-0.3, -0.25) is 4.79 Å². The quantitative estimate of drug-likeness (QED) is 0.649. The molecule has 1 aliphatic heterocycles. The summed E-state index contributed by atoms with van der Waals surface area (Å²) >= 11 is 0. The van der Waals surface area contributed by atoms with Crippen molar-refractivity contribution in [2.45, 2.75) is 27.2 Å². The van der Waals surface area contributed by atoms with Gasteiger partial charge in [0.05, 0.1) is 0 Å². The number of nitrogens with one attached hydrogen (secondary N) is 1. The van der Waals surface area contributed by atoms with Gasteiger partial charge in [0.25, 0.3) is 0 Å². The van der Waals surface area contributed by atoms with E-state index in [9.17, 15) is 4.79 Å². The predicted molar refractivity (Wildman–Crippen MR) is 45.4 cm³/mol. The lowest BCUT2D eigenvalue weighted by molar-refractivity contribution is -0.130. The Bertz CT molecular complexity index is 157. The average molecular weight is 155 g/mol. The maximum absolute atomic E-state index is 11.6. The highest BCUT2D eigenvalue weighted by Gasteiger charge is 2.36. The van der Waals surface area contributed by atoms with Gasteiger partial charge in [0.15, 0.2) is 0 Å². The molecular weight excluding hydrogens is 138 g/mol. The Balaban J connectivity index is 2.64. The molecule has 1 atom stereocenters. The SMILES string of the molecule is CC(C)C(=O)C1(C)CCNC1. The molecule has 0 aromatic rings. The van der Waals surface area contributed by atoms with Crippen molar-refractivity contribution in [3.05, 3.63) is 0 Å². The third-order valence-corrected chi connectivity index (χ3v) is 2.49. The Labute approximate surface area is 68.4 Å². The third-order valence-electron chi connectivity index (χ3n) is 2.49. The molecule has 1 heterocycles. The lowest BCUT2D eigenvalue weighted by Crippen LogP contribution is -2.33. The van der Waals surface area contributed by atoms with Crippen LogP contribution >= 0.6 is 0 Å². The summed E-state index contributed by atoms with van der Waals surface area (Å²) in [6, 6.07) is 0. The zero-order chi connectivity index (χ0) is 8.48. The fourth-order valence-electron chi connectivity index (χ4n) is 1.72. The van der Waals surface area contributed by atoms with Crippen LogP contribution in [0.15, 0.2) is 0 Å². The van der Waals surface area contributed by atoms with Crippen LogP contribution in [0.4, 0.5) is 0 Å². The Hall–Kier alpha value is -0.370. The molecule has 0 aromatic heterocycles. The highest BCUT2D eigenvalue weighted by atomic mass is 16.1. The number of carbonyl (C=O) groups excluding carboxylic acids is 1. The number of hydrogen-bond donors (Lipinski definition) is 1. The van der Waals surface area contributed by atoms with E-state index in [1.165, 1.54) is 0 Å². The molecule has 0 saturated carbocycles. The van der Waals surface area contributed by atoms with Gasteiger partial charge >= 0.3 is 0 Å². The molecule has 1 aliphatic rings. The molecule has 2 heteroatoms. The summed E-state index contributed by atoms with van der Waals surface area (Å²) in [6.07, 6.45) is 1.00. The number of rotatable bonds is 2. The lowest BCUT2D eigenvalue weighted by atomic mass is 9.80. The topological polar surface area (TPSA) is 29.1 Å². The van der Waals surface area contributed by atoms with Crippen LogP contribution in [-0.4, -0.2) is 18.9 Å². The van der Waals surface area contributed by atoms with Gasteiger partial charge in [-0.1, -0.05) is 20.8 Å². The van der Waals surface area contributed by atoms with E-state index < -0.39 is 0 Å². The van der Waals surface area contributed by atoms with Crippen molar-refractivity contribution >= 4 is 5.78 Å². The molecule has 0 amide bonds. The molecule has 2 nitrogen and oxygen atoms in total. The monoisotopic (exact) mass is 155 g/mol. The molecule has 0 bridgehead atoms. The van der Waals surface area contributed by atoms with E-state index in [0.717, 1.165) is 19.5 Å². The fourth-order valence-corrected chi connectivity index (χ4v) is 1.72. The normalized spacial score (nSPS) is 31.3. The van der Waals surface area contributed by atoms with Gasteiger partial charge in [0.2, 0.25) is 0 Å². The lowest BCUT2D eigenvalue weighted by Gasteiger charge is -2.22. The van der Waals surface area contributed by atoms with E-state index >= 15 is 0 Å². The minimum Gasteiger partial charge on any atom is -0.316 e. The van der Waals surface area contributed by atoms with E-state index in [1.807, 2.05) is 13.8 Å². The molecule has 1 fully saturated rings. The Kier molecular flexibility index (Phi) is 2.33. The van der Waals surface area contributed by atoms with Gasteiger partial charge in [-0.25, -0.2) is 0 Å². The molecule has 1 rings (SSSR count). The zero-order valence-electron chi connectivity index (χ0n) is 7.61. The molecule has 11 heavy (non-hydrogen) atoms. The molecular formula is C9H17NO. The van der Waals surface area contributed by atoms with E-state index in [-0.39, 0.29) is 11.3 Å². The van der Waals surface area contributed by atoms with Crippen LogP contribution in [0, 0.1) is 11.3 Å². The first-order valence-electron chi connectivity index (χ1n) is 4.31. The van der Waals surface area contributed by atoms with E-state index in [2.05, 4.69) is 12.2 Å². The first-order valence-corrected chi connectivity index (χ1v) is 4.31. The molecule has 0 radical (unpaired) electrons. The van der Waals surface area contributed by atoms with E-state index in [4.69, 9.17) is 0 Å². The summed E-state index contributed by atoms with van der Waals surface area (Å²) in [5.41, 5.74) is -0.0752. The molecule has 1 saturated heterocycles. The van der Waals surface area contributed by atoms with E-state index in [0.29, 0.717) is 5.78 Å². The standard InChI is InChI=1S/C9H17NO/c1-7(2)8(11)9(3)4-5-10-6-9/h7,10H,4-6H2,1-3H3. The molecule has 0 aromatic carbocycles. The highest BCUT2D eigenvalue weighted by Crippen LogP contribution is 2.28. The smallest absolute Gasteiger partial charge is 0.142 e. The predicted octanol–water partition coefficient (Wildman–Crippen LogP) is 1.21. The Morgan fingerprint density at radius 3 is 2.55 bits per heavy atom. The van der Waals surface area contributed by atoms with Gasteiger partial charge < -0.3 is 5.32 Å². The largest absolute Gasteiger partial charge is 0.316 e. The first kappa shape index (κ1) is 8.72. The summed E-state index contributed by atoms with van der Waals surface area (Å²) in [7, 11) is 0. The molecule has 0 spiro atoms. The van der Waals surface area contributed by atoms with Crippen LogP contribution in [0.3, 0.4) is 0 Å². The van der Waals surface area contributed by atoms with Crippen molar-refractivity contribution in [1.29, 1.82) is 0 Å². The molecule has 64 valence electrons. The average Bonchev–Trinajstić information content (AvgIpc) is 2.35. The van der Waals surface area contributed by atoms with Crippen LogP contribution in [0.2, 0.25) is 0 Å². The summed E-state index contributed by atoms with van der Waals surface area (Å²) in [6.45, 7) is 7.88. The Morgan fingerprint density at radius 1 is 1.55 bits per heavy atom. The van der Waals surface area contributed by atoms with E-state index in [1.54, 1.807) is 0 Å². The number of Topliss-reactive ketones (excluding diaryl/α,β-unsaturated/α-hetero) is 1. The highest BCUT2D eigenvalue weighted by molar-refractivity contribution is 5.86. The summed E-state index contributed by atoms with van der Waals surface area (Å²) in [5.74, 6) is 0.586. The van der Waals surface area contributed by atoms with Gasteiger partial charge in [0.1, 0.15) is 5.78 Å². The number of ketones is 1. The minimum absolute atomic E-state index is 0.0752. The molecule has 0 aliphatic carbocycles. The maximum atomic E-state index is 11.6. The van der Waals surface area contributed by atoms with Crippen LogP contribution in [0.1, 0.15) is 27.2 Å². The first-order chi connectivity index (χ1) is 5.06. The van der Waals surface area contributed by atoms with Crippen molar-refractivity contribution in [1.82, 2.24) is 5.32 Å².